The van der Waals surface area contributed by atoms with Crippen LogP contribution in [0.1, 0.15) is 66.7 Å². The summed E-state index contributed by atoms with van der Waals surface area (Å²) in [4.78, 5) is 15.7. The Bertz CT molecular complexity index is 1430. The van der Waals surface area contributed by atoms with Crippen LogP contribution in [0.4, 0.5) is 0 Å². The van der Waals surface area contributed by atoms with Gasteiger partial charge in [0, 0.05) is 43.8 Å². The number of hydrogen-bond donors (Lipinski definition) is 1. The van der Waals surface area contributed by atoms with Gasteiger partial charge in [0.1, 0.15) is 5.75 Å². The molecule has 1 aliphatic heterocycles. The maximum atomic E-state index is 13.1. The summed E-state index contributed by atoms with van der Waals surface area (Å²) in [5.74, 6) is 0.768. The third-order valence-electron chi connectivity index (χ3n) is 7.49. The molecule has 8 heteroatoms. The first-order valence-corrected chi connectivity index (χ1v) is 15.8. The molecule has 4 rings (SSSR count). The van der Waals surface area contributed by atoms with E-state index >= 15 is 0 Å². The normalized spacial score (nSPS) is 14.1. The molecule has 220 valence electrons. The molecule has 7 nitrogen and oxygen atoms in total. The summed E-state index contributed by atoms with van der Waals surface area (Å²) >= 11 is 0. The van der Waals surface area contributed by atoms with E-state index in [1.807, 2.05) is 43.3 Å². The van der Waals surface area contributed by atoms with Crippen molar-refractivity contribution < 1.29 is 17.9 Å². The molecule has 1 amide bonds. The van der Waals surface area contributed by atoms with Gasteiger partial charge in [0.2, 0.25) is 10.0 Å². The number of sulfonamides is 1. The van der Waals surface area contributed by atoms with E-state index in [9.17, 15) is 13.2 Å². The van der Waals surface area contributed by atoms with Crippen LogP contribution >= 0.6 is 0 Å². The van der Waals surface area contributed by atoms with Gasteiger partial charge in [-0.15, -0.1) is 0 Å². The second-order valence-corrected chi connectivity index (χ2v) is 13.7. The van der Waals surface area contributed by atoms with Crippen LogP contribution in [0.25, 0.3) is 0 Å². The van der Waals surface area contributed by atoms with E-state index in [1.165, 1.54) is 9.87 Å². The van der Waals surface area contributed by atoms with Gasteiger partial charge in [-0.05, 0) is 93.6 Å². The summed E-state index contributed by atoms with van der Waals surface area (Å²) in [6.07, 6.45) is 1.55. The Balaban J connectivity index is 1.34. The number of fused-ring (bicyclic) bond motifs is 1. The number of carbonyl (C=O) groups excluding carboxylic acids is 1. The third kappa shape index (κ3) is 7.97. The van der Waals surface area contributed by atoms with Crippen molar-refractivity contribution in [1.82, 2.24) is 14.5 Å². The van der Waals surface area contributed by atoms with E-state index < -0.39 is 10.0 Å². The zero-order valence-electron chi connectivity index (χ0n) is 24.9. The van der Waals surface area contributed by atoms with Crippen molar-refractivity contribution in [3.63, 3.8) is 0 Å². The molecule has 0 saturated carbocycles. The number of hydrogen-bond acceptors (Lipinski definition) is 5. The Morgan fingerprint density at radius 3 is 2.37 bits per heavy atom. The lowest BCUT2D eigenvalue weighted by Crippen LogP contribution is -2.45. The van der Waals surface area contributed by atoms with Crippen LogP contribution in [-0.2, 0) is 29.5 Å². The molecule has 3 aromatic rings. The van der Waals surface area contributed by atoms with E-state index in [-0.39, 0.29) is 11.4 Å². The van der Waals surface area contributed by atoms with Gasteiger partial charge in [-0.2, -0.15) is 4.31 Å². The number of ether oxygens (including phenoxy) is 1. The van der Waals surface area contributed by atoms with Gasteiger partial charge in [0.25, 0.3) is 5.91 Å². The van der Waals surface area contributed by atoms with Gasteiger partial charge in [0.15, 0.2) is 0 Å². The number of nitrogens with one attached hydrogen (secondary N) is 1. The first-order valence-electron chi connectivity index (χ1n) is 14.4. The molecule has 1 heterocycles. The number of amides is 1. The minimum atomic E-state index is -3.57. The molecule has 41 heavy (non-hydrogen) atoms. The molecule has 0 radical (unpaired) electrons. The highest BCUT2D eigenvalue weighted by atomic mass is 32.2. The second kappa shape index (κ2) is 13.2. The minimum absolute atomic E-state index is 0.0707. The van der Waals surface area contributed by atoms with Crippen molar-refractivity contribution in [3.05, 3.63) is 94.5 Å². The molecule has 3 aromatic carbocycles. The molecule has 0 saturated heterocycles. The molecule has 0 fully saturated rings. The number of nitrogens with zero attached hydrogens (tertiary/aromatic N) is 2. The summed E-state index contributed by atoms with van der Waals surface area (Å²) in [5.41, 5.74) is 4.71. The molecule has 0 unspecified atom stereocenters. The Morgan fingerprint density at radius 2 is 1.71 bits per heavy atom. The van der Waals surface area contributed by atoms with Crippen molar-refractivity contribution in [2.45, 2.75) is 71.0 Å². The first kappa shape index (κ1) is 30.8. The standard InChI is InChI=1S/C33H43N3O4S/c1-6-21-40-30-13-9-26(10-14-30)23-35(33(3,4)5)20-18-34-32(37)28-11-12-29-24-36(19-17-27(29)22-28)41(38,39)31-15-7-25(2)8-16-31/h7-16,22H,6,17-21,23-24H2,1-5H3,(H,34,37). The van der Waals surface area contributed by atoms with Crippen molar-refractivity contribution >= 4 is 15.9 Å². The number of aryl methyl sites for hydroxylation is 1. The van der Waals surface area contributed by atoms with Crippen LogP contribution in [0.15, 0.2) is 71.6 Å². The summed E-state index contributed by atoms with van der Waals surface area (Å²) in [7, 11) is -3.57. The van der Waals surface area contributed by atoms with E-state index in [4.69, 9.17) is 4.74 Å². The average Bonchev–Trinajstić information content (AvgIpc) is 2.95. The fourth-order valence-corrected chi connectivity index (χ4v) is 6.34. The summed E-state index contributed by atoms with van der Waals surface area (Å²) in [6, 6.07) is 20.8. The maximum absolute atomic E-state index is 13.1. The molecule has 0 bridgehead atoms. The minimum Gasteiger partial charge on any atom is -0.494 e. The molecule has 0 spiro atoms. The van der Waals surface area contributed by atoms with Crippen molar-refractivity contribution in [3.8, 4) is 5.75 Å². The van der Waals surface area contributed by atoms with Crippen LogP contribution in [0.5, 0.6) is 5.75 Å². The fourth-order valence-electron chi connectivity index (χ4n) is 4.92. The lowest BCUT2D eigenvalue weighted by Gasteiger charge is -2.36. The van der Waals surface area contributed by atoms with Crippen molar-refractivity contribution in [1.29, 1.82) is 0 Å². The van der Waals surface area contributed by atoms with Crippen LogP contribution in [0.2, 0.25) is 0 Å². The van der Waals surface area contributed by atoms with E-state index in [1.54, 1.807) is 18.2 Å². The largest absolute Gasteiger partial charge is 0.494 e. The molecule has 0 atom stereocenters. The zero-order chi connectivity index (χ0) is 29.6. The van der Waals surface area contributed by atoms with Gasteiger partial charge >= 0.3 is 0 Å². The molecular weight excluding hydrogens is 534 g/mol. The van der Waals surface area contributed by atoms with Crippen molar-refractivity contribution in [2.75, 3.05) is 26.2 Å². The van der Waals surface area contributed by atoms with Crippen LogP contribution in [0.3, 0.4) is 0 Å². The number of benzene rings is 3. The van der Waals surface area contributed by atoms with E-state index in [0.29, 0.717) is 49.7 Å². The molecular formula is C33H43N3O4S. The fraction of sp³-hybridized carbons (Fsp3) is 0.424. The number of rotatable bonds is 11. The smallest absolute Gasteiger partial charge is 0.251 e. The number of carbonyl (C=O) groups is 1. The van der Waals surface area contributed by atoms with E-state index in [0.717, 1.165) is 35.4 Å². The van der Waals surface area contributed by atoms with Crippen LogP contribution < -0.4 is 10.1 Å². The lowest BCUT2D eigenvalue weighted by atomic mass is 9.98. The molecule has 1 aliphatic rings. The Hall–Kier alpha value is -3.20. The third-order valence-corrected chi connectivity index (χ3v) is 9.35. The predicted molar refractivity (Wildman–Crippen MR) is 164 cm³/mol. The average molecular weight is 578 g/mol. The Labute approximate surface area is 245 Å². The van der Waals surface area contributed by atoms with Gasteiger partial charge < -0.3 is 10.1 Å². The Kier molecular flexibility index (Phi) is 9.89. The molecule has 1 N–H and O–H groups in total. The van der Waals surface area contributed by atoms with Gasteiger partial charge in [-0.1, -0.05) is 42.8 Å². The molecule has 0 aliphatic carbocycles. The highest BCUT2D eigenvalue weighted by Gasteiger charge is 2.29. The van der Waals surface area contributed by atoms with E-state index in [2.05, 4.69) is 50.0 Å². The topological polar surface area (TPSA) is 79.0 Å². The SMILES string of the molecule is CCCOc1ccc(CN(CCNC(=O)c2ccc3c(c2)CCN(S(=O)(=O)c2ccc(C)cc2)C3)C(C)(C)C)cc1. The molecule has 0 aromatic heterocycles. The quantitative estimate of drug-likeness (QED) is 0.323. The lowest BCUT2D eigenvalue weighted by molar-refractivity contribution is 0.0921. The van der Waals surface area contributed by atoms with Gasteiger partial charge in [-0.25, -0.2) is 8.42 Å². The highest BCUT2D eigenvalue weighted by molar-refractivity contribution is 7.89. The van der Waals surface area contributed by atoms with Gasteiger partial charge in [0.05, 0.1) is 11.5 Å². The Morgan fingerprint density at radius 1 is 1.00 bits per heavy atom. The zero-order valence-corrected chi connectivity index (χ0v) is 25.8. The second-order valence-electron chi connectivity index (χ2n) is 11.7. The maximum Gasteiger partial charge on any atom is 0.251 e. The highest BCUT2D eigenvalue weighted by Crippen LogP contribution is 2.26. The predicted octanol–water partition coefficient (Wildman–Crippen LogP) is 5.56. The first-order chi connectivity index (χ1) is 19.5. The van der Waals surface area contributed by atoms with Crippen LogP contribution in [0, 0.1) is 6.92 Å². The summed E-state index contributed by atoms with van der Waals surface area (Å²) < 4.78 is 33.5. The van der Waals surface area contributed by atoms with Gasteiger partial charge in [-0.3, -0.25) is 9.69 Å². The van der Waals surface area contributed by atoms with Crippen LogP contribution in [-0.4, -0.2) is 55.3 Å². The summed E-state index contributed by atoms with van der Waals surface area (Å²) in [5, 5.41) is 3.08. The summed E-state index contributed by atoms with van der Waals surface area (Å²) in [6.45, 7) is 14.0. The van der Waals surface area contributed by atoms with Crippen molar-refractivity contribution in [2.24, 2.45) is 0 Å². The monoisotopic (exact) mass is 577 g/mol.